The number of hydrogen-bond acceptors (Lipinski definition) is 4. The van der Waals surface area contributed by atoms with Gasteiger partial charge in [0.05, 0.1) is 0 Å². The van der Waals surface area contributed by atoms with Crippen LogP contribution in [0.4, 0.5) is 0 Å². The van der Waals surface area contributed by atoms with Gasteiger partial charge in [0.2, 0.25) is 0 Å². The minimum absolute atomic E-state index is 0.0356. The Bertz CT molecular complexity index is 530. The van der Waals surface area contributed by atoms with E-state index in [4.69, 9.17) is 5.11 Å². The second-order valence-electron chi connectivity index (χ2n) is 5.18. The monoisotopic (exact) mass is 299 g/mol. The number of pyridine rings is 1. The molecule has 1 aromatic heterocycles. The topological polar surface area (TPSA) is 82.5 Å². The summed E-state index contributed by atoms with van der Waals surface area (Å²) in [5.41, 5.74) is 1.73. The zero-order valence-electron chi connectivity index (χ0n) is 11.6. The zero-order valence-corrected chi connectivity index (χ0v) is 12.4. The van der Waals surface area contributed by atoms with Crippen LogP contribution >= 0.6 is 0 Å². The molecule has 0 spiro atoms. The Morgan fingerprint density at radius 1 is 1.50 bits per heavy atom. The van der Waals surface area contributed by atoms with E-state index < -0.39 is 10.2 Å². The molecule has 112 valence electrons. The van der Waals surface area contributed by atoms with E-state index in [0.29, 0.717) is 13.1 Å². The van der Waals surface area contributed by atoms with Crippen molar-refractivity contribution in [1.82, 2.24) is 14.0 Å². The summed E-state index contributed by atoms with van der Waals surface area (Å²) < 4.78 is 28.4. The Morgan fingerprint density at radius 2 is 2.30 bits per heavy atom. The van der Waals surface area contributed by atoms with Crippen molar-refractivity contribution < 1.29 is 13.5 Å². The minimum atomic E-state index is -3.49. The molecule has 1 saturated heterocycles. The van der Waals surface area contributed by atoms with Gasteiger partial charge in [0.25, 0.3) is 10.2 Å². The summed E-state index contributed by atoms with van der Waals surface area (Å²) in [7, 11) is -3.49. The summed E-state index contributed by atoms with van der Waals surface area (Å²) in [5.74, 6) is 0.0429. The van der Waals surface area contributed by atoms with Crippen LogP contribution in [-0.2, 0) is 16.8 Å². The van der Waals surface area contributed by atoms with Gasteiger partial charge in [-0.25, -0.2) is 0 Å². The predicted molar refractivity (Wildman–Crippen MR) is 76.1 cm³/mol. The SMILES string of the molecule is Cc1ccc(CNS(=O)(=O)N2CCCC(CO)C2)cn1. The Morgan fingerprint density at radius 3 is 2.95 bits per heavy atom. The number of hydrogen-bond donors (Lipinski definition) is 2. The van der Waals surface area contributed by atoms with E-state index in [9.17, 15) is 8.42 Å². The van der Waals surface area contributed by atoms with Crippen molar-refractivity contribution >= 4 is 10.2 Å². The van der Waals surface area contributed by atoms with Gasteiger partial charge in [-0.1, -0.05) is 6.07 Å². The molecule has 1 unspecified atom stereocenters. The molecule has 20 heavy (non-hydrogen) atoms. The number of aliphatic hydroxyl groups excluding tert-OH is 1. The average molecular weight is 299 g/mol. The summed E-state index contributed by atoms with van der Waals surface area (Å²) in [5, 5.41) is 9.16. The highest BCUT2D eigenvalue weighted by Crippen LogP contribution is 2.18. The first-order valence-corrected chi connectivity index (χ1v) is 8.22. The van der Waals surface area contributed by atoms with Gasteiger partial charge in [0.15, 0.2) is 0 Å². The van der Waals surface area contributed by atoms with E-state index in [1.165, 1.54) is 4.31 Å². The quantitative estimate of drug-likeness (QED) is 0.826. The molecule has 0 bridgehead atoms. The molecule has 2 heterocycles. The smallest absolute Gasteiger partial charge is 0.279 e. The molecule has 0 aromatic carbocycles. The maximum atomic E-state index is 12.2. The normalized spacial score (nSPS) is 21.0. The summed E-state index contributed by atoms with van der Waals surface area (Å²) in [4.78, 5) is 4.14. The molecule has 0 amide bonds. The number of aliphatic hydroxyl groups is 1. The van der Waals surface area contributed by atoms with E-state index in [1.807, 2.05) is 19.1 Å². The molecule has 0 aliphatic carbocycles. The number of nitrogens with zero attached hydrogens (tertiary/aromatic N) is 2. The lowest BCUT2D eigenvalue weighted by atomic mass is 10.0. The molecule has 0 saturated carbocycles. The van der Waals surface area contributed by atoms with Crippen molar-refractivity contribution in [2.75, 3.05) is 19.7 Å². The Hall–Kier alpha value is -1.02. The fourth-order valence-corrected chi connectivity index (χ4v) is 3.57. The number of rotatable bonds is 5. The lowest BCUT2D eigenvalue weighted by molar-refractivity contribution is 0.164. The van der Waals surface area contributed by atoms with Crippen LogP contribution in [0.3, 0.4) is 0 Å². The minimum Gasteiger partial charge on any atom is -0.396 e. The summed E-state index contributed by atoms with van der Waals surface area (Å²) >= 11 is 0. The fraction of sp³-hybridized carbons (Fsp3) is 0.615. The van der Waals surface area contributed by atoms with Gasteiger partial charge in [-0.05, 0) is 37.3 Å². The molecular formula is C13H21N3O3S. The highest BCUT2D eigenvalue weighted by molar-refractivity contribution is 7.87. The van der Waals surface area contributed by atoms with Gasteiger partial charge in [-0.2, -0.15) is 17.4 Å². The van der Waals surface area contributed by atoms with Crippen LogP contribution in [0, 0.1) is 12.8 Å². The maximum Gasteiger partial charge on any atom is 0.279 e. The molecule has 1 aromatic rings. The van der Waals surface area contributed by atoms with Gasteiger partial charge >= 0.3 is 0 Å². The Kier molecular flexibility index (Phi) is 5.09. The summed E-state index contributed by atoms with van der Waals surface area (Å²) in [6.07, 6.45) is 3.34. The molecule has 1 aliphatic heterocycles. The molecular weight excluding hydrogens is 278 g/mol. The van der Waals surface area contributed by atoms with Gasteiger partial charge < -0.3 is 5.11 Å². The largest absolute Gasteiger partial charge is 0.396 e. The molecule has 6 nitrogen and oxygen atoms in total. The van der Waals surface area contributed by atoms with E-state index in [1.54, 1.807) is 6.20 Å². The zero-order chi connectivity index (χ0) is 14.6. The van der Waals surface area contributed by atoms with Crippen molar-refractivity contribution in [3.05, 3.63) is 29.6 Å². The van der Waals surface area contributed by atoms with E-state index in [-0.39, 0.29) is 19.1 Å². The van der Waals surface area contributed by atoms with Crippen LogP contribution in [-0.4, -0.2) is 42.5 Å². The number of aromatic nitrogens is 1. The highest BCUT2D eigenvalue weighted by atomic mass is 32.2. The average Bonchev–Trinajstić information content (AvgIpc) is 2.47. The first kappa shape index (κ1) is 15.4. The number of nitrogens with one attached hydrogen (secondary N) is 1. The van der Waals surface area contributed by atoms with Crippen molar-refractivity contribution in [3.63, 3.8) is 0 Å². The van der Waals surface area contributed by atoms with Crippen molar-refractivity contribution in [2.24, 2.45) is 5.92 Å². The second-order valence-corrected chi connectivity index (χ2v) is 6.94. The maximum absolute atomic E-state index is 12.2. The molecule has 1 atom stereocenters. The molecule has 7 heteroatoms. The number of aryl methyl sites for hydroxylation is 1. The predicted octanol–water partition coefficient (Wildman–Crippen LogP) is 0.429. The second kappa shape index (κ2) is 6.62. The third-order valence-electron chi connectivity index (χ3n) is 3.51. The van der Waals surface area contributed by atoms with Crippen LogP contribution in [0.5, 0.6) is 0 Å². The number of piperidine rings is 1. The van der Waals surface area contributed by atoms with Gasteiger partial charge in [0.1, 0.15) is 0 Å². The van der Waals surface area contributed by atoms with Gasteiger partial charge in [0, 0.05) is 38.1 Å². The summed E-state index contributed by atoms with van der Waals surface area (Å²) in [6, 6.07) is 3.71. The lowest BCUT2D eigenvalue weighted by Gasteiger charge is -2.30. The molecule has 1 fully saturated rings. The van der Waals surface area contributed by atoms with Crippen molar-refractivity contribution in [3.8, 4) is 0 Å². The van der Waals surface area contributed by atoms with Gasteiger partial charge in [-0.15, -0.1) is 0 Å². The lowest BCUT2D eigenvalue weighted by Crippen LogP contribution is -2.46. The Balaban J connectivity index is 1.95. The third-order valence-corrected chi connectivity index (χ3v) is 5.03. The van der Waals surface area contributed by atoms with Crippen LogP contribution in [0.15, 0.2) is 18.3 Å². The van der Waals surface area contributed by atoms with Crippen LogP contribution in [0.1, 0.15) is 24.1 Å². The molecule has 2 N–H and O–H groups in total. The van der Waals surface area contributed by atoms with E-state index in [2.05, 4.69) is 9.71 Å². The molecule has 2 rings (SSSR count). The first-order chi connectivity index (χ1) is 9.51. The van der Waals surface area contributed by atoms with Crippen LogP contribution in [0.25, 0.3) is 0 Å². The van der Waals surface area contributed by atoms with Gasteiger partial charge in [-0.3, -0.25) is 4.98 Å². The first-order valence-electron chi connectivity index (χ1n) is 6.78. The molecule has 0 radical (unpaired) electrons. The molecule has 1 aliphatic rings. The van der Waals surface area contributed by atoms with Crippen LogP contribution in [0.2, 0.25) is 0 Å². The Labute approximate surface area is 120 Å². The van der Waals surface area contributed by atoms with Crippen molar-refractivity contribution in [2.45, 2.75) is 26.3 Å². The van der Waals surface area contributed by atoms with Crippen LogP contribution < -0.4 is 4.72 Å². The summed E-state index contributed by atoms with van der Waals surface area (Å²) in [6.45, 7) is 3.05. The van der Waals surface area contributed by atoms with E-state index in [0.717, 1.165) is 24.1 Å². The standard InChI is InChI=1S/C13H21N3O3S/c1-11-4-5-12(7-14-11)8-15-20(18,19)16-6-2-3-13(9-16)10-17/h4-5,7,13,15,17H,2-3,6,8-10H2,1H3. The van der Waals surface area contributed by atoms with Crippen molar-refractivity contribution in [1.29, 1.82) is 0 Å². The fourth-order valence-electron chi connectivity index (χ4n) is 2.26. The highest BCUT2D eigenvalue weighted by Gasteiger charge is 2.28. The third kappa shape index (κ3) is 3.99. The van der Waals surface area contributed by atoms with E-state index >= 15 is 0 Å².